The molecule has 8 heteroatoms. The van der Waals surface area contributed by atoms with Gasteiger partial charge in [0.2, 0.25) is 0 Å². The number of nitrogens with one attached hydrogen (secondary N) is 2. The molecule has 0 radical (unpaired) electrons. The molecule has 0 bridgehead atoms. The highest BCUT2D eigenvalue weighted by Gasteiger charge is 2.38. The zero-order chi connectivity index (χ0) is 16.7. The fourth-order valence-corrected chi connectivity index (χ4v) is 1.68. The Bertz CT molecular complexity index is 380. The zero-order valence-electron chi connectivity index (χ0n) is 13.0. The van der Waals surface area contributed by atoms with Crippen molar-refractivity contribution in [3.05, 3.63) is 0 Å². The number of amides is 1. The Morgan fingerprint density at radius 3 is 2.10 bits per heavy atom. The van der Waals surface area contributed by atoms with E-state index < -0.39 is 23.2 Å². The van der Waals surface area contributed by atoms with Gasteiger partial charge in [-0.2, -0.15) is 0 Å². The maximum absolute atomic E-state index is 11.7. The van der Waals surface area contributed by atoms with E-state index in [-0.39, 0.29) is 5.84 Å². The van der Waals surface area contributed by atoms with Gasteiger partial charge in [-0.3, -0.25) is 10.2 Å². The van der Waals surface area contributed by atoms with Gasteiger partial charge in [0.05, 0.1) is 0 Å². The van der Waals surface area contributed by atoms with Gasteiger partial charge in [-0.15, -0.1) is 0 Å². The lowest BCUT2D eigenvalue weighted by atomic mass is 9.89. The summed E-state index contributed by atoms with van der Waals surface area (Å²) < 4.78 is 10.4. The Morgan fingerprint density at radius 1 is 1.33 bits per heavy atom. The summed E-state index contributed by atoms with van der Waals surface area (Å²) in [6.07, 6.45) is 0.456. The van der Waals surface area contributed by atoms with Gasteiger partial charge < -0.3 is 25.6 Å². The first-order valence-electron chi connectivity index (χ1n) is 6.61. The first kappa shape index (κ1) is 19.2. The maximum atomic E-state index is 11.7. The molecule has 8 nitrogen and oxygen atoms in total. The summed E-state index contributed by atoms with van der Waals surface area (Å²) in [7, 11) is 0. The predicted molar refractivity (Wildman–Crippen MR) is 77.4 cm³/mol. The second kappa shape index (κ2) is 7.82. The second-order valence-electron chi connectivity index (χ2n) is 5.75. The minimum Gasteiger partial charge on any atom is -0.481 e. The molecule has 0 saturated carbocycles. The monoisotopic (exact) mass is 303 g/mol. The standard InChI is InChI=1S/C11H21N3O3.C2H4O2/c1-10(2,3)17-9(15)14-11(8(12)13)4-6-16-7-5-11;1-2(3)4/h4-7H2,1-3H3,(H3,12,13)(H,14,15);1H3,(H,3,4). The summed E-state index contributed by atoms with van der Waals surface area (Å²) in [5.41, 5.74) is 4.19. The number of alkyl carbamates (subject to hydrolysis) is 1. The highest BCUT2D eigenvalue weighted by atomic mass is 16.6. The summed E-state index contributed by atoms with van der Waals surface area (Å²) >= 11 is 0. The Kier molecular flexibility index (Phi) is 7.14. The van der Waals surface area contributed by atoms with E-state index in [1.54, 1.807) is 20.8 Å². The maximum Gasteiger partial charge on any atom is 0.408 e. The van der Waals surface area contributed by atoms with Crippen molar-refractivity contribution in [2.45, 2.75) is 51.7 Å². The van der Waals surface area contributed by atoms with Crippen LogP contribution in [0.5, 0.6) is 0 Å². The molecular weight excluding hydrogens is 278 g/mol. The van der Waals surface area contributed by atoms with Crippen LogP contribution in [0, 0.1) is 5.41 Å². The first-order valence-corrected chi connectivity index (χ1v) is 6.61. The Morgan fingerprint density at radius 2 is 1.76 bits per heavy atom. The van der Waals surface area contributed by atoms with Crippen LogP contribution in [0.3, 0.4) is 0 Å². The van der Waals surface area contributed by atoms with Gasteiger partial charge in [0, 0.05) is 33.0 Å². The summed E-state index contributed by atoms with van der Waals surface area (Å²) in [6.45, 7) is 7.41. The molecule has 1 amide bonds. The zero-order valence-corrected chi connectivity index (χ0v) is 13.0. The van der Waals surface area contributed by atoms with Crippen molar-refractivity contribution in [3.8, 4) is 0 Å². The number of carboxylic acid groups (broad SMARTS) is 1. The summed E-state index contributed by atoms with van der Waals surface area (Å²) in [5, 5.41) is 17.7. The molecule has 0 spiro atoms. The van der Waals surface area contributed by atoms with Crippen LogP contribution in [0.4, 0.5) is 4.79 Å². The van der Waals surface area contributed by atoms with Crippen LogP contribution in [0.2, 0.25) is 0 Å². The van der Waals surface area contributed by atoms with E-state index in [1.807, 2.05) is 0 Å². The van der Waals surface area contributed by atoms with Crippen molar-refractivity contribution >= 4 is 17.9 Å². The molecule has 0 atom stereocenters. The van der Waals surface area contributed by atoms with E-state index in [4.69, 9.17) is 30.5 Å². The molecule has 0 unspecified atom stereocenters. The second-order valence-corrected chi connectivity index (χ2v) is 5.75. The topological polar surface area (TPSA) is 135 Å². The van der Waals surface area contributed by atoms with Gasteiger partial charge in [-0.05, 0) is 20.8 Å². The van der Waals surface area contributed by atoms with Crippen LogP contribution in [-0.4, -0.2) is 47.4 Å². The Balaban J connectivity index is 0.000000885. The van der Waals surface area contributed by atoms with E-state index in [0.717, 1.165) is 6.92 Å². The number of ether oxygens (including phenoxy) is 2. The average Bonchev–Trinajstić information content (AvgIpc) is 2.26. The van der Waals surface area contributed by atoms with Crippen LogP contribution >= 0.6 is 0 Å². The van der Waals surface area contributed by atoms with E-state index in [9.17, 15) is 4.79 Å². The largest absolute Gasteiger partial charge is 0.481 e. The van der Waals surface area contributed by atoms with Gasteiger partial charge >= 0.3 is 6.09 Å². The number of carbonyl (C=O) groups excluding carboxylic acids is 1. The van der Waals surface area contributed by atoms with E-state index in [0.29, 0.717) is 26.1 Å². The molecule has 1 fully saturated rings. The molecule has 5 N–H and O–H groups in total. The van der Waals surface area contributed by atoms with Gasteiger partial charge in [0.1, 0.15) is 17.0 Å². The minimum absolute atomic E-state index is 0.0494. The van der Waals surface area contributed by atoms with Crippen molar-refractivity contribution in [3.63, 3.8) is 0 Å². The molecule has 1 saturated heterocycles. The Labute approximate surface area is 124 Å². The van der Waals surface area contributed by atoms with Crippen molar-refractivity contribution in [1.82, 2.24) is 5.32 Å². The fourth-order valence-electron chi connectivity index (χ4n) is 1.68. The summed E-state index contributed by atoms with van der Waals surface area (Å²) in [5.74, 6) is -0.883. The third-order valence-electron chi connectivity index (χ3n) is 2.60. The van der Waals surface area contributed by atoms with Crippen LogP contribution in [-0.2, 0) is 14.3 Å². The van der Waals surface area contributed by atoms with E-state index in [1.165, 1.54) is 0 Å². The lowest BCUT2D eigenvalue weighted by Crippen LogP contribution is -2.60. The van der Waals surface area contributed by atoms with Gasteiger partial charge in [0.25, 0.3) is 5.97 Å². The van der Waals surface area contributed by atoms with E-state index >= 15 is 0 Å². The Hall–Kier alpha value is -1.83. The van der Waals surface area contributed by atoms with Gasteiger partial charge in [-0.25, -0.2) is 4.79 Å². The summed E-state index contributed by atoms with van der Waals surface area (Å²) in [4.78, 5) is 20.7. The molecular formula is C13H25N3O5. The average molecular weight is 303 g/mol. The smallest absolute Gasteiger partial charge is 0.408 e. The third kappa shape index (κ3) is 8.13. The van der Waals surface area contributed by atoms with Crippen molar-refractivity contribution in [2.75, 3.05) is 13.2 Å². The van der Waals surface area contributed by atoms with Crippen molar-refractivity contribution < 1.29 is 24.2 Å². The molecule has 0 aliphatic carbocycles. The predicted octanol–water partition coefficient (Wildman–Crippen LogP) is 1.09. The lowest BCUT2D eigenvalue weighted by Gasteiger charge is -2.37. The third-order valence-corrected chi connectivity index (χ3v) is 2.60. The quantitative estimate of drug-likeness (QED) is 0.445. The number of amidine groups is 1. The highest BCUT2D eigenvalue weighted by Crippen LogP contribution is 2.21. The fraction of sp³-hybridized carbons (Fsp3) is 0.769. The molecule has 122 valence electrons. The number of rotatable bonds is 2. The number of hydrogen-bond acceptors (Lipinski definition) is 5. The van der Waals surface area contributed by atoms with Crippen LogP contribution in [0.25, 0.3) is 0 Å². The molecule has 0 aromatic rings. The molecule has 0 aromatic heterocycles. The molecule has 0 aromatic carbocycles. The molecule has 1 rings (SSSR count). The normalized spacial score (nSPS) is 17.0. The molecule has 1 aliphatic heterocycles. The van der Waals surface area contributed by atoms with Crippen LogP contribution < -0.4 is 11.1 Å². The van der Waals surface area contributed by atoms with Crippen molar-refractivity contribution in [1.29, 1.82) is 5.41 Å². The molecule has 21 heavy (non-hydrogen) atoms. The number of carbonyl (C=O) groups is 2. The molecule has 1 aliphatic rings. The lowest BCUT2D eigenvalue weighted by molar-refractivity contribution is -0.134. The molecule has 1 heterocycles. The van der Waals surface area contributed by atoms with Crippen molar-refractivity contribution in [2.24, 2.45) is 5.73 Å². The van der Waals surface area contributed by atoms with Crippen LogP contribution in [0.15, 0.2) is 0 Å². The first-order chi connectivity index (χ1) is 9.48. The summed E-state index contributed by atoms with van der Waals surface area (Å²) in [6, 6.07) is 0. The number of carboxylic acids is 1. The SMILES string of the molecule is CC(=O)O.CC(C)(C)OC(=O)NC1(C(=N)N)CCOCC1. The highest BCUT2D eigenvalue weighted by molar-refractivity contribution is 5.90. The number of aliphatic carboxylic acids is 1. The van der Waals surface area contributed by atoms with E-state index in [2.05, 4.69) is 5.32 Å². The van der Waals surface area contributed by atoms with Gasteiger partial charge in [-0.1, -0.05) is 0 Å². The minimum atomic E-state index is -0.833. The van der Waals surface area contributed by atoms with Gasteiger partial charge in [0.15, 0.2) is 0 Å². The number of hydrogen-bond donors (Lipinski definition) is 4. The number of nitrogens with two attached hydrogens (primary N) is 1. The van der Waals surface area contributed by atoms with Crippen LogP contribution in [0.1, 0.15) is 40.5 Å².